The van der Waals surface area contributed by atoms with Gasteiger partial charge >= 0.3 is 0 Å². The first-order valence-electron chi connectivity index (χ1n) is 8.60. The molecule has 0 radical (unpaired) electrons. The van der Waals surface area contributed by atoms with E-state index in [0.29, 0.717) is 17.7 Å². The third-order valence-electron chi connectivity index (χ3n) is 4.63. The highest BCUT2D eigenvalue weighted by Gasteiger charge is 2.23. The Morgan fingerprint density at radius 1 is 1.28 bits per heavy atom. The lowest BCUT2D eigenvalue weighted by Crippen LogP contribution is -2.30. The molecule has 1 aliphatic rings. The summed E-state index contributed by atoms with van der Waals surface area (Å²) in [6, 6.07) is 8.21. The summed E-state index contributed by atoms with van der Waals surface area (Å²) in [6.45, 7) is 8.11. The number of aromatic nitrogens is 3. The lowest BCUT2D eigenvalue weighted by atomic mass is 10.0. The molecule has 2 aromatic rings. The van der Waals surface area contributed by atoms with Crippen LogP contribution in [0.2, 0.25) is 0 Å². The van der Waals surface area contributed by atoms with Gasteiger partial charge in [-0.15, -0.1) is 17.5 Å². The third kappa shape index (κ3) is 4.19. The average Bonchev–Trinajstić information content (AvgIpc) is 2.97. The predicted molar refractivity (Wildman–Crippen MR) is 102 cm³/mol. The molecule has 2 heterocycles. The lowest BCUT2D eigenvalue weighted by Gasteiger charge is -2.23. The molecule has 6 nitrogen and oxygen atoms in total. The molecule has 25 heavy (non-hydrogen) atoms. The Balaban J connectivity index is 0.00000225. The average molecular weight is 364 g/mol. The Kier molecular flexibility index (Phi) is 6.56. The fourth-order valence-corrected chi connectivity index (χ4v) is 3.24. The van der Waals surface area contributed by atoms with Crippen LogP contribution in [0.25, 0.3) is 0 Å². The van der Waals surface area contributed by atoms with Crippen molar-refractivity contribution in [3.05, 3.63) is 41.2 Å². The van der Waals surface area contributed by atoms with E-state index in [0.717, 1.165) is 42.9 Å². The second kappa shape index (κ2) is 8.45. The zero-order valence-electron chi connectivity index (χ0n) is 15.0. The number of halogens is 1. The second-order valence-electron chi connectivity index (χ2n) is 6.65. The highest BCUT2D eigenvalue weighted by Crippen LogP contribution is 2.25. The number of para-hydroxylation sites is 1. The minimum atomic E-state index is -0.194. The Labute approximate surface area is 154 Å². The Hall–Kier alpha value is -1.92. The van der Waals surface area contributed by atoms with E-state index < -0.39 is 0 Å². The van der Waals surface area contributed by atoms with Gasteiger partial charge in [0.2, 0.25) is 0 Å². The molecule has 3 rings (SSSR count). The summed E-state index contributed by atoms with van der Waals surface area (Å²) < 4.78 is 1.91. The highest BCUT2D eigenvalue weighted by atomic mass is 35.5. The number of hydrogen-bond acceptors (Lipinski definition) is 4. The number of amides is 1. The Morgan fingerprint density at radius 3 is 2.64 bits per heavy atom. The van der Waals surface area contributed by atoms with Crippen molar-refractivity contribution in [2.24, 2.45) is 0 Å². The van der Waals surface area contributed by atoms with Crippen LogP contribution in [0.4, 0.5) is 5.69 Å². The maximum atomic E-state index is 12.7. The molecule has 0 spiro atoms. The van der Waals surface area contributed by atoms with E-state index >= 15 is 0 Å². The van der Waals surface area contributed by atoms with Crippen molar-refractivity contribution in [2.75, 3.05) is 18.4 Å². The zero-order chi connectivity index (χ0) is 17.1. The largest absolute Gasteiger partial charge is 0.320 e. The van der Waals surface area contributed by atoms with E-state index in [1.165, 1.54) is 0 Å². The van der Waals surface area contributed by atoms with Gasteiger partial charge < -0.3 is 10.6 Å². The molecule has 136 valence electrons. The van der Waals surface area contributed by atoms with E-state index in [-0.39, 0.29) is 18.3 Å². The Morgan fingerprint density at radius 2 is 1.96 bits per heavy atom. The van der Waals surface area contributed by atoms with Gasteiger partial charge in [-0.25, -0.2) is 4.68 Å². The summed E-state index contributed by atoms with van der Waals surface area (Å²) in [4.78, 5) is 12.7. The molecule has 0 aliphatic carbocycles. The van der Waals surface area contributed by atoms with E-state index in [2.05, 4.69) is 34.8 Å². The van der Waals surface area contributed by atoms with Crippen LogP contribution in [0.3, 0.4) is 0 Å². The predicted octanol–water partition coefficient (Wildman–Crippen LogP) is 3.31. The molecular weight excluding hydrogens is 338 g/mol. The number of carbonyl (C=O) groups is 1. The van der Waals surface area contributed by atoms with Crippen molar-refractivity contribution in [1.29, 1.82) is 0 Å². The quantitative estimate of drug-likeness (QED) is 0.874. The minimum Gasteiger partial charge on any atom is -0.320 e. The molecule has 0 atom stereocenters. The molecular formula is C18H26ClN5O. The molecule has 0 bridgehead atoms. The van der Waals surface area contributed by atoms with Gasteiger partial charge in [-0.1, -0.05) is 37.3 Å². The van der Waals surface area contributed by atoms with Crippen molar-refractivity contribution in [3.8, 4) is 0 Å². The van der Waals surface area contributed by atoms with Crippen LogP contribution < -0.4 is 10.6 Å². The van der Waals surface area contributed by atoms with Gasteiger partial charge in [-0.2, -0.15) is 0 Å². The molecule has 1 aromatic carbocycles. The first kappa shape index (κ1) is 19.4. The van der Waals surface area contributed by atoms with E-state index in [1.54, 1.807) is 0 Å². The summed E-state index contributed by atoms with van der Waals surface area (Å²) in [7, 11) is 0. The first-order chi connectivity index (χ1) is 11.6. The first-order valence-corrected chi connectivity index (χ1v) is 8.60. The van der Waals surface area contributed by atoms with Gasteiger partial charge in [0.15, 0.2) is 5.69 Å². The summed E-state index contributed by atoms with van der Waals surface area (Å²) in [6.07, 6.45) is 2.03. The number of benzene rings is 1. The van der Waals surface area contributed by atoms with Crippen molar-refractivity contribution < 1.29 is 4.79 Å². The number of piperidine rings is 1. The standard InChI is InChI=1S/C18H25N5O.ClH/c1-12(2)15-6-4-5-7-16(15)20-18(24)17-13(3)23(22-21-17)14-8-10-19-11-9-14;/h4-7,12,14,19H,8-11H2,1-3H3,(H,20,24);1H. The number of hydrogen-bond donors (Lipinski definition) is 2. The molecule has 7 heteroatoms. The van der Waals surface area contributed by atoms with Crippen molar-refractivity contribution in [1.82, 2.24) is 20.3 Å². The molecule has 1 saturated heterocycles. The SMILES string of the molecule is Cc1c(C(=O)Nc2ccccc2C(C)C)nnn1C1CCNCC1.Cl. The topological polar surface area (TPSA) is 71.8 Å². The highest BCUT2D eigenvalue weighted by molar-refractivity contribution is 6.04. The lowest BCUT2D eigenvalue weighted by molar-refractivity contribution is 0.102. The van der Waals surface area contributed by atoms with E-state index in [1.807, 2.05) is 35.9 Å². The van der Waals surface area contributed by atoms with Crippen molar-refractivity contribution >= 4 is 24.0 Å². The van der Waals surface area contributed by atoms with Gasteiger partial charge in [0.1, 0.15) is 0 Å². The fourth-order valence-electron chi connectivity index (χ4n) is 3.24. The van der Waals surface area contributed by atoms with Crippen LogP contribution in [0.1, 0.15) is 60.4 Å². The number of rotatable bonds is 4. The summed E-state index contributed by atoms with van der Waals surface area (Å²) in [5, 5.41) is 14.7. The maximum absolute atomic E-state index is 12.7. The normalized spacial score (nSPS) is 15.0. The van der Waals surface area contributed by atoms with Gasteiger partial charge in [0.05, 0.1) is 11.7 Å². The van der Waals surface area contributed by atoms with Crippen molar-refractivity contribution in [2.45, 2.75) is 45.6 Å². The number of anilines is 1. The molecule has 0 saturated carbocycles. The van der Waals surface area contributed by atoms with Gasteiger partial charge in [0, 0.05) is 5.69 Å². The van der Waals surface area contributed by atoms with Crippen LogP contribution in [-0.2, 0) is 0 Å². The molecule has 1 aliphatic heterocycles. The summed E-state index contributed by atoms with van der Waals surface area (Å²) >= 11 is 0. The summed E-state index contributed by atoms with van der Waals surface area (Å²) in [5.41, 5.74) is 3.20. The van der Waals surface area contributed by atoms with Crippen LogP contribution in [-0.4, -0.2) is 34.0 Å². The minimum absolute atomic E-state index is 0. The maximum Gasteiger partial charge on any atom is 0.278 e. The smallest absolute Gasteiger partial charge is 0.278 e. The van der Waals surface area contributed by atoms with Crippen LogP contribution >= 0.6 is 12.4 Å². The van der Waals surface area contributed by atoms with Crippen molar-refractivity contribution in [3.63, 3.8) is 0 Å². The number of carbonyl (C=O) groups excluding carboxylic acids is 1. The van der Waals surface area contributed by atoms with Gasteiger partial charge in [0.25, 0.3) is 5.91 Å². The zero-order valence-corrected chi connectivity index (χ0v) is 15.8. The fraction of sp³-hybridized carbons (Fsp3) is 0.500. The Bertz CT molecular complexity index is 722. The van der Waals surface area contributed by atoms with E-state index in [4.69, 9.17) is 0 Å². The van der Waals surface area contributed by atoms with Crippen LogP contribution in [0, 0.1) is 6.92 Å². The molecule has 1 fully saturated rings. The van der Waals surface area contributed by atoms with Gasteiger partial charge in [-0.05, 0) is 50.4 Å². The van der Waals surface area contributed by atoms with Gasteiger partial charge in [-0.3, -0.25) is 4.79 Å². The molecule has 2 N–H and O–H groups in total. The van der Waals surface area contributed by atoms with Crippen LogP contribution in [0.5, 0.6) is 0 Å². The third-order valence-corrected chi connectivity index (χ3v) is 4.63. The molecule has 0 unspecified atom stereocenters. The molecule has 1 aromatic heterocycles. The summed E-state index contributed by atoms with van der Waals surface area (Å²) in [5.74, 6) is 0.147. The van der Waals surface area contributed by atoms with Crippen LogP contribution in [0.15, 0.2) is 24.3 Å². The monoisotopic (exact) mass is 363 g/mol. The van der Waals surface area contributed by atoms with E-state index in [9.17, 15) is 4.79 Å². The number of nitrogens with zero attached hydrogens (tertiary/aromatic N) is 3. The number of nitrogens with one attached hydrogen (secondary N) is 2. The molecule has 1 amide bonds. The second-order valence-corrected chi connectivity index (χ2v) is 6.65.